The highest BCUT2D eigenvalue weighted by atomic mass is 32.2. The Balaban J connectivity index is 1.90. The Hall–Kier alpha value is -0.990. The fourth-order valence-electron chi connectivity index (χ4n) is 2.41. The number of likely N-dealkylation sites (tertiary alicyclic amines) is 1. The molecule has 0 saturated carbocycles. The largest absolute Gasteiger partial charge is 0.297 e. The van der Waals surface area contributed by atoms with E-state index in [0.717, 1.165) is 38.2 Å². The molecule has 1 aliphatic rings. The van der Waals surface area contributed by atoms with Gasteiger partial charge < -0.3 is 0 Å². The zero-order valence-electron chi connectivity index (χ0n) is 12.0. The van der Waals surface area contributed by atoms with E-state index in [1.807, 2.05) is 17.1 Å². The van der Waals surface area contributed by atoms with Crippen LogP contribution in [0, 0.1) is 11.3 Å². The Bertz CT molecular complexity index is 452. The van der Waals surface area contributed by atoms with Crippen LogP contribution in [-0.4, -0.2) is 38.8 Å². The van der Waals surface area contributed by atoms with Crippen molar-refractivity contribution in [1.82, 2.24) is 14.7 Å². The fourth-order valence-corrected chi connectivity index (χ4v) is 3.09. The molecule has 0 atom stereocenters. The van der Waals surface area contributed by atoms with Crippen LogP contribution in [0.2, 0.25) is 0 Å². The number of hydrogen-bond acceptors (Lipinski definition) is 4. The molecule has 0 amide bonds. The predicted molar refractivity (Wildman–Crippen MR) is 79.0 cm³/mol. The standard InChI is InChI=1S/C14H22N4S/c1-12(2)18-7-4-13(16-18)10-17-8-5-14(11-15,19-3)6-9-17/h4,7,12H,5-6,8-10H2,1-3H3. The highest BCUT2D eigenvalue weighted by Crippen LogP contribution is 2.34. The van der Waals surface area contributed by atoms with E-state index >= 15 is 0 Å². The number of piperidine rings is 1. The summed E-state index contributed by atoms with van der Waals surface area (Å²) in [7, 11) is 0. The summed E-state index contributed by atoms with van der Waals surface area (Å²) in [5.74, 6) is 0. The Kier molecular flexibility index (Phi) is 4.54. The Morgan fingerprint density at radius 1 is 1.47 bits per heavy atom. The van der Waals surface area contributed by atoms with Crippen molar-refractivity contribution in [1.29, 1.82) is 5.26 Å². The maximum atomic E-state index is 9.28. The van der Waals surface area contributed by atoms with E-state index in [2.05, 4.69) is 36.0 Å². The molecule has 4 nitrogen and oxygen atoms in total. The van der Waals surface area contributed by atoms with Gasteiger partial charge in [0, 0.05) is 31.9 Å². The molecule has 0 bridgehead atoms. The van der Waals surface area contributed by atoms with E-state index in [9.17, 15) is 5.26 Å². The first kappa shape index (κ1) is 14.4. The summed E-state index contributed by atoms with van der Waals surface area (Å²) in [6, 6.07) is 5.00. The maximum Gasteiger partial charge on any atom is 0.104 e. The number of rotatable bonds is 4. The zero-order valence-corrected chi connectivity index (χ0v) is 12.8. The molecule has 0 spiro atoms. The average Bonchev–Trinajstić information content (AvgIpc) is 2.89. The minimum Gasteiger partial charge on any atom is -0.297 e. The number of thioether (sulfide) groups is 1. The van der Waals surface area contributed by atoms with Gasteiger partial charge in [-0.05, 0) is 39.0 Å². The highest BCUT2D eigenvalue weighted by molar-refractivity contribution is 8.00. The summed E-state index contributed by atoms with van der Waals surface area (Å²) >= 11 is 1.70. The Labute approximate surface area is 119 Å². The van der Waals surface area contributed by atoms with Crippen LogP contribution in [0.15, 0.2) is 12.3 Å². The topological polar surface area (TPSA) is 44.9 Å². The van der Waals surface area contributed by atoms with Crippen molar-refractivity contribution in [3.8, 4) is 6.07 Å². The minimum atomic E-state index is -0.159. The zero-order chi connectivity index (χ0) is 13.9. The predicted octanol–water partition coefficient (Wildman–Crippen LogP) is 2.69. The van der Waals surface area contributed by atoms with Gasteiger partial charge in [-0.1, -0.05) is 0 Å². The van der Waals surface area contributed by atoms with Gasteiger partial charge in [0.15, 0.2) is 0 Å². The molecule has 19 heavy (non-hydrogen) atoms. The summed E-state index contributed by atoms with van der Waals surface area (Å²) in [5.41, 5.74) is 1.13. The third-order valence-electron chi connectivity index (χ3n) is 3.84. The fraction of sp³-hybridized carbons (Fsp3) is 0.714. The average molecular weight is 278 g/mol. The van der Waals surface area contributed by atoms with E-state index in [-0.39, 0.29) is 4.75 Å². The summed E-state index contributed by atoms with van der Waals surface area (Å²) in [4.78, 5) is 2.40. The van der Waals surface area contributed by atoms with Crippen molar-refractivity contribution in [2.24, 2.45) is 0 Å². The lowest BCUT2D eigenvalue weighted by Gasteiger charge is -2.35. The lowest BCUT2D eigenvalue weighted by molar-refractivity contribution is 0.206. The van der Waals surface area contributed by atoms with Crippen molar-refractivity contribution in [3.05, 3.63) is 18.0 Å². The van der Waals surface area contributed by atoms with Crippen molar-refractivity contribution < 1.29 is 0 Å². The lowest BCUT2D eigenvalue weighted by atomic mass is 9.97. The van der Waals surface area contributed by atoms with Crippen molar-refractivity contribution >= 4 is 11.8 Å². The molecule has 5 heteroatoms. The summed E-state index contributed by atoms with van der Waals surface area (Å²) < 4.78 is 1.84. The SMILES string of the molecule is CSC1(C#N)CCN(Cc2ccn(C(C)C)n2)CC1. The molecule has 1 aromatic heterocycles. The van der Waals surface area contributed by atoms with E-state index < -0.39 is 0 Å². The van der Waals surface area contributed by atoms with Crippen molar-refractivity contribution in [3.63, 3.8) is 0 Å². The molecular formula is C14H22N4S. The third-order valence-corrected chi connectivity index (χ3v) is 5.12. The second kappa shape index (κ2) is 5.98. The number of hydrogen-bond donors (Lipinski definition) is 0. The highest BCUT2D eigenvalue weighted by Gasteiger charge is 2.33. The van der Waals surface area contributed by atoms with E-state index in [4.69, 9.17) is 0 Å². The second-order valence-corrected chi connectivity index (χ2v) is 6.66. The molecule has 0 N–H and O–H groups in total. The molecule has 1 aliphatic heterocycles. The van der Waals surface area contributed by atoms with E-state index in [1.165, 1.54) is 0 Å². The van der Waals surface area contributed by atoms with Gasteiger partial charge in [0.1, 0.15) is 4.75 Å². The van der Waals surface area contributed by atoms with Crippen LogP contribution in [-0.2, 0) is 6.54 Å². The van der Waals surface area contributed by atoms with Crippen molar-refractivity contribution in [2.45, 2.75) is 44.0 Å². The first-order valence-electron chi connectivity index (χ1n) is 6.81. The van der Waals surface area contributed by atoms with Gasteiger partial charge in [0.05, 0.1) is 11.8 Å². The third kappa shape index (κ3) is 3.31. The van der Waals surface area contributed by atoms with Gasteiger partial charge in [-0.2, -0.15) is 10.4 Å². The smallest absolute Gasteiger partial charge is 0.104 e. The van der Waals surface area contributed by atoms with Gasteiger partial charge in [0.2, 0.25) is 0 Å². The number of nitriles is 1. The quantitative estimate of drug-likeness (QED) is 0.849. The molecule has 0 unspecified atom stereocenters. The molecule has 1 aromatic rings. The molecule has 0 radical (unpaired) electrons. The van der Waals surface area contributed by atoms with Crippen LogP contribution in [0.1, 0.15) is 38.4 Å². The van der Waals surface area contributed by atoms with Gasteiger partial charge in [-0.25, -0.2) is 0 Å². The molecule has 0 aromatic carbocycles. The first-order chi connectivity index (χ1) is 9.08. The molecular weight excluding hydrogens is 256 g/mol. The van der Waals surface area contributed by atoms with Crippen LogP contribution in [0.25, 0.3) is 0 Å². The second-order valence-electron chi connectivity index (χ2n) is 5.47. The normalized spacial score (nSPS) is 19.5. The molecule has 2 rings (SSSR count). The molecule has 1 saturated heterocycles. The monoisotopic (exact) mass is 278 g/mol. The van der Waals surface area contributed by atoms with Crippen LogP contribution < -0.4 is 0 Å². The van der Waals surface area contributed by atoms with Crippen LogP contribution in [0.3, 0.4) is 0 Å². The molecule has 2 heterocycles. The number of nitrogens with zero attached hydrogens (tertiary/aromatic N) is 4. The summed E-state index contributed by atoms with van der Waals surface area (Å²) in [6.45, 7) is 7.15. The van der Waals surface area contributed by atoms with Gasteiger partial charge in [0.25, 0.3) is 0 Å². The van der Waals surface area contributed by atoms with Crippen LogP contribution in [0.4, 0.5) is 0 Å². The van der Waals surface area contributed by atoms with Gasteiger partial charge in [-0.3, -0.25) is 9.58 Å². The minimum absolute atomic E-state index is 0.159. The molecule has 1 fully saturated rings. The van der Waals surface area contributed by atoms with Gasteiger partial charge in [-0.15, -0.1) is 11.8 Å². The lowest BCUT2D eigenvalue weighted by Crippen LogP contribution is -2.41. The van der Waals surface area contributed by atoms with Gasteiger partial charge >= 0.3 is 0 Å². The van der Waals surface area contributed by atoms with Crippen LogP contribution in [0.5, 0.6) is 0 Å². The Morgan fingerprint density at radius 2 is 2.16 bits per heavy atom. The van der Waals surface area contributed by atoms with E-state index in [1.54, 1.807) is 11.8 Å². The first-order valence-corrected chi connectivity index (χ1v) is 8.04. The summed E-state index contributed by atoms with van der Waals surface area (Å²) in [6.07, 6.45) is 6.00. The number of aromatic nitrogens is 2. The van der Waals surface area contributed by atoms with E-state index in [0.29, 0.717) is 6.04 Å². The van der Waals surface area contributed by atoms with Crippen molar-refractivity contribution in [2.75, 3.05) is 19.3 Å². The van der Waals surface area contributed by atoms with Crippen LogP contribution >= 0.6 is 11.8 Å². The Morgan fingerprint density at radius 3 is 2.63 bits per heavy atom. The maximum absolute atomic E-state index is 9.28. The molecule has 104 valence electrons. The molecule has 0 aliphatic carbocycles. The summed E-state index contributed by atoms with van der Waals surface area (Å²) in [5, 5.41) is 13.9.